The number of aliphatic hydroxyl groups is 1. The third-order valence-corrected chi connectivity index (χ3v) is 5.59. The van der Waals surface area contributed by atoms with E-state index in [1.54, 1.807) is 19.2 Å². The van der Waals surface area contributed by atoms with Crippen LogP contribution in [0, 0.1) is 5.92 Å². The molecule has 0 aliphatic carbocycles. The molecule has 0 aliphatic rings. The smallest absolute Gasteiger partial charge is 0.246 e. The lowest BCUT2D eigenvalue weighted by atomic mass is 10.1. The largest absolute Gasteiger partial charge is 0.495 e. The van der Waals surface area contributed by atoms with Gasteiger partial charge in [-0.2, -0.15) is 4.31 Å². The van der Waals surface area contributed by atoms with Gasteiger partial charge in [0.05, 0.1) is 13.7 Å². The van der Waals surface area contributed by atoms with Gasteiger partial charge in [0.25, 0.3) is 0 Å². The van der Waals surface area contributed by atoms with Crippen LogP contribution in [0.3, 0.4) is 0 Å². The van der Waals surface area contributed by atoms with Crippen LogP contribution in [-0.2, 0) is 16.6 Å². The van der Waals surface area contributed by atoms with Crippen LogP contribution in [0.4, 0.5) is 0 Å². The van der Waals surface area contributed by atoms with E-state index in [4.69, 9.17) is 9.84 Å². The predicted molar refractivity (Wildman–Crippen MR) is 78.2 cm³/mol. The monoisotopic (exact) mass is 301 g/mol. The van der Waals surface area contributed by atoms with Gasteiger partial charge in [0, 0.05) is 13.1 Å². The lowest BCUT2D eigenvalue weighted by Crippen LogP contribution is -2.38. The van der Waals surface area contributed by atoms with Crippen LogP contribution in [-0.4, -0.2) is 38.0 Å². The van der Waals surface area contributed by atoms with Gasteiger partial charge < -0.3 is 9.84 Å². The average Bonchev–Trinajstić information content (AvgIpc) is 2.44. The highest BCUT2D eigenvalue weighted by Crippen LogP contribution is 2.29. The summed E-state index contributed by atoms with van der Waals surface area (Å²) in [5.41, 5.74) is 0.611. The number of nitrogens with zero attached hydrogens (tertiary/aromatic N) is 1. The van der Waals surface area contributed by atoms with E-state index in [1.807, 2.05) is 20.8 Å². The van der Waals surface area contributed by atoms with Crippen molar-refractivity contribution in [3.8, 4) is 5.75 Å². The van der Waals surface area contributed by atoms with Crippen molar-refractivity contribution in [3.05, 3.63) is 23.8 Å². The Morgan fingerprint density at radius 1 is 1.30 bits per heavy atom. The molecular formula is C14H23NO4S. The summed E-state index contributed by atoms with van der Waals surface area (Å²) in [5.74, 6) is 0.455. The van der Waals surface area contributed by atoms with Crippen LogP contribution in [0.15, 0.2) is 23.1 Å². The molecular weight excluding hydrogens is 278 g/mol. The molecule has 5 nitrogen and oxygen atoms in total. The maximum atomic E-state index is 12.6. The van der Waals surface area contributed by atoms with E-state index >= 15 is 0 Å². The number of hydrogen-bond donors (Lipinski definition) is 1. The standard InChI is InChI=1S/C14H23NO4S/c1-10(2)11(3)15(4)20(17,18)14-7-6-12(9-16)8-13(14)19-5/h6-8,10-11,16H,9H2,1-5H3. The van der Waals surface area contributed by atoms with Crippen LogP contribution >= 0.6 is 0 Å². The Labute approximate surface area is 121 Å². The SMILES string of the molecule is COc1cc(CO)ccc1S(=O)(=O)N(C)C(C)C(C)C. The Balaban J connectivity index is 3.28. The highest BCUT2D eigenvalue weighted by molar-refractivity contribution is 7.89. The van der Waals surface area contributed by atoms with Crippen LogP contribution in [0.5, 0.6) is 5.75 Å². The molecule has 0 aliphatic heterocycles. The molecule has 0 amide bonds. The van der Waals surface area contributed by atoms with Crippen molar-refractivity contribution in [1.82, 2.24) is 4.31 Å². The van der Waals surface area contributed by atoms with Gasteiger partial charge in [-0.15, -0.1) is 0 Å². The number of sulfonamides is 1. The molecule has 0 spiro atoms. The minimum absolute atomic E-state index is 0.118. The molecule has 0 aromatic heterocycles. The van der Waals surface area contributed by atoms with E-state index in [-0.39, 0.29) is 29.2 Å². The van der Waals surface area contributed by atoms with Crippen molar-refractivity contribution in [2.45, 2.75) is 38.3 Å². The second kappa shape index (κ2) is 6.56. The van der Waals surface area contributed by atoms with Crippen molar-refractivity contribution in [3.63, 3.8) is 0 Å². The molecule has 0 saturated carbocycles. The van der Waals surface area contributed by atoms with Crippen molar-refractivity contribution in [2.75, 3.05) is 14.2 Å². The zero-order chi connectivity index (χ0) is 15.5. The number of hydrogen-bond acceptors (Lipinski definition) is 4. The first kappa shape index (κ1) is 16.9. The number of methoxy groups -OCH3 is 1. The quantitative estimate of drug-likeness (QED) is 0.871. The highest BCUT2D eigenvalue weighted by atomic mass is 32.2. The Hall–Kier alpha value is -1.11. The number of rotatable bonds is 6. The second-order valence-electron chi connectivity index (χ2n) is 5.15. The van der Waals surface area contributed by atoms with Crippen molar-refractivity contribution >= 4 is 10.0 Å². The molecule has 20 heavy (non-hydrogen) atoms. The summed E-state index contributed by atoms with van der Waals surface area (Å²) in [5, 5.41) is 9.11. The van der Waals surface area contributed by atoms with E-state index in [0.29, 0.717) is 5.56 Å². The van der Waals surface area contributed by atoms with Gasteiger partial charge in [0.1, 0.15) is 10.6 Å². The first-order valence-corrected chi connectivity index (χ1v) is 7.95. The molecule has 114 valence electrons. The van der Waals surface area contributed by atoms with Gasteiger partial charge >= 0.3 is 0 Å². The first-order valence-electron chi connectivity index (χ1n) is 6.51. The summed E-state index contributed by atoms with van der Waals surface area (Å²) in [6.07, 6.45) is 0. The predicted octanol–water partition coefficient (Wildman–Crippen LogP) is 1.85. The fourth-order valence-electron chi connectivity index (χ4n) is 1.82. The Morgan fingerprint density at radius 2 is 1.90 bits per heavy atom. The molecule has 1 atom stereocenters. The van der Waals surface area contributed by atoms with Crippen LogP contribution < -0.4 is 4.74 Å². The van der Waals surface area contributed by atoms with Crippen molar-refractivity contribution in [2.24, 2.45) is 5.92 Å². The zero-order valence-electron chi connectivity index (χ0n) is 12.6. The number of ether oxygens (including phenoxy) is 1. The zero-order valence-corrected chi connectivity index (χ0v) is 13.4. The van der Waals surface area contributed by atoms with E-state index in [0.717, 1.165) is 0 Å². The van der Waals surface area contributed by atoms with Crippen LogP contribution in [0.1, 0.15) is 26.3 Å². The average molecular weight is 301 g/mol. The molecule has 1 unspecified atom stereocenters. The van der Waals surface area contributed by atoms with Crippen molar-refractivity contribution in [1.29, 1.82) is 0 Å². The van der Waals surface area contributed by atoms with Crippen molar-refractivity contribution < 1.29 is 18.3 Å². The highest BCUT2D eigenvalue weighted by Gasteiger charge is 2.29. The molecule has 1 aromatic carbocycles. The Morgan fingerprint density at radius 3 is 2.35 bits per heavy atom. The van der Waals surface area contributed by atoms with Crippen LogP contribution in [0.2, 0.25) is 0 Å². The molecule has 0 radical (unpaired) electrons. The Kier molecular flexibility index (Phi) is 5.56. The fraction of sp³-hybridized carbons (Fsp3) is 0.571. The summed E-state index contributed by atoms with van der Waals surface area (Å²) < 4.78 is 31.8. The van der Waals surface area contributed by atoms with Gasteiger partial charge in [-0.1, -0.05) is 19.9 Å². The second-order valence-corrected chi connectivity index (χ2v) is 7.12. The molecule has 1 aromatic rings. The minimum Gasteiger partial charge on any atom is -0.495 e. The molecule has 0 fully saturated rings. The minimum atomic E-state index is -3.62. The molecule has 6 heteroatoms. The van der Waals surface area contributed by atoms with E-state index in [9.17, 15) is 8.42 Å². The normalized spacial score (nSPS) is 13.8. The van der Waals surface area contributed by atoms with Gasteiger partial charge in [0.15, 0.2) is 0 Å². The molecule has 0 bridgehead atoms. The fourth-order valence-corrected chi connectivity index (χ4v) is 3.45. The maximum Gasteiger partial charge on any atom is 0.246 e. The van der Waals surface area contributed by atoms with Gasteiger partial charge in [-0.3, -0.25) is 0 Å². The number of benzene rings is 1. The molecule has 0 heterocycles. The summed E-state index contributed by atoms with van der Waals surface area (Å²) in [6.45, 7) is 5.66. The third kappa shape index (κ3) is 3.31. The summed E-state index contributed by atoms with van der Waals surface area (Å²) >= 11 is 0. The topological polar surface area (TPSA) is 66.8 Å². The molecule has 1 rings (SSSR count). The van der Waals surface area contributed by atoms with E-state index < -0.39 is 10.0 Å². The third-order valence-electron chi connectivity index (χ3n) is 3.61. The summed E-state index contributed by atoms with van der Waals surface area (Å²) in [7, 11) is -0.637. The molecule has 0 saturated heterocycles. The van der Waals surface area contributed by atoms with Gasteiger partial charge in [0.2, 0.25) is 10.0 Å². The lowest BCUT2D eigenvalue weighted by Gasteiger charge is -2.27. The van der Waals surface area contributed by atoms with E-state index in [1.165, 1.54) is 17.5 Å². The number of aliphatic hydroxyl groups excluding tert-OH is 1. The first-order chi connectivity index (χ1) is 9.25. The summed E-state index contributed by atoms with van der Waals surface area (Å²) in [6, 6.07) is 4.48. The molecule has 1 N–H and O–H groups in total. The van der Waals surface area contributed by atoms with E-state index in [2.05, 4.69) is 0 Å². The van der Waals surface area contributed by atoms with Crippen LogP contribution in [0.25, 0.3) is 0 Å². The Bertz CT molecular complexity index is 554. The van der Waals surface area contributed by atoms with Gasteiger partial charge in [-0.25, -0.2) is 8.42 Å². The lowest BCUT2D eigenvalue weighted by molar-refractivity contribution is 0.280. The summed E-state index contributed by atoms with van der Waals surface area (Å²) in [4.78, 5) is 0.118. The maximum absolute atomic E-state index is 12.6. The van der Waals surface area contributed by atoms with Gasteiger partial charge in [-0.05, 0) is 30.5 Å².